The second kappa shape index (κ2) is 8.25. The first-order valence-corrected chi connectivity index (χ1v) is 10.6. The van der Waals surface area contributed by atoms with Gasteiger partial charge in [-0.05, 0) is 59.7 Å². The third kappa shape index (κ3) is 3.96. The molecule has 0 aliphatic carbocycles. The van der Waals surface area contributed by atoms with Crippen molar-refractivity contribution in [1.82, 2.24) is 9.80 Å². The topological polar surface area (TPSA) is 23.6 Å². The third-order valence-corrected chi connectivity index (χ3v) is 6.66. The molecule has 2 atom stereocenters. The zero-order valence-corrected chi connectivity index (χ0v) is 16.4. The van der Waals surface area contributed by atoms with E-state index >= 15 is 0 Å². The second-order valence-electron chi connectivity index (χ2n) is 7.71. The SMILES string of the molecule is O=C(Cc1c(F)ccc(F)c1F)N1CCC[C@@H]2CN(Cc3ccsc3)CC[C@H]21. The zero-order valence-electron chi connectivity index (χ0n) is 15.5. The van der Waals surface area contributed by atoms with Crippen LogP contribution in [0.4, 0.5) is 13.2 Å². The molecule has 150 valence electrons. The fourth-order valence-electron chi connectivity index (χ4n) is 4.56. The van der Waals surface area contributed by atoms with Crippen molar-refractivity contribution in [1.29, 1.82) is 0 Å². The molecule has 1 amide bonds. The van der Waals surface area contributed by atoms with E-state index in [0.717, 1.165) is 51.0 Å². The summed E-state index contributed by atoms with van der Waals surface area (Å²) in [4.78, 5) is 17.0. The molecule has 1 aromatic heterocycles. The number of amides is 1. The first kappa shape index (κ1) is 19.5. The predicted molar refractivity (Wildman–Crippen MR) is 102 cm³/mol. The van der Waals surface area contributed by atoms with E-state index in [4.69, 9.17) is 0 Å². The van der Waals surface area contributed by atoms with Crippen LogP contribution in [0.2, 0.25) is 0 Å². The molecule has 7 heteroatoms. The molecule has 0 unspecified atom stereocenters. The Morgan fingerprint density at radius 3 is 2.71 bits per heavy atom. The van der Waals surface area contributed by atoms with E-state index in [0.29, 0.717) is 12.5 Å². The van der Waals surface area contributed by atoms with Gasteiger partial charge in [0, 0.05) is 37.8 Å². The Kier molecular flexibility index (Phi) is 5.73. The minimum absolute atomic E-state index is 0.0969. The van der Waals surface area contributed by atoms with E-state index in [1.54, 1.807) is 16.2 Å². The highest BCUT2D eigenvalue weighted by molar-refractivity contribution is 7.07. The number of piperidine rings is 2. The number of thiophene rings is 1. The number of hydrogen-bond acceptors (Lipinski definition) is 3. The van der Waals surface area contributed by atoms with E-state index in [-0.39, 0.29) is 11.9 Å². The van der Waals surface area contributed by atoms with E-state index in [1.807, 2.05) is 0 Å². The molecule has 2 aromatic rings. The summed E-state index contributed by atoms with van der Waals surface area (Å²) in [6.45, 7) is 3.33. The number of benzene rings is 1. The Bertz CT molecular complexity index is 842. The van der Waals surface area contributed by atoms with Gasteiger partial charge in [0.05, 0.1) is 6.42 Å². The number of rotatable bonds is 4. The molecule has 2 aliphatic heterocycles. The quantitative estimate of drug-likeness (QED) is 0.708. The molecule has 2 saturated heterocycles. The summed E-state index contributed by atoms with van der Waals surface area (Å²) in [6.07, 6.45) is 2.36. The number of fused-ring (bicyclic) bond motifs is 1. The van der Waals surface area contributed by atoms with Crippen molar-refractivity contribution in [2.24, 2.45) is 5.92 Å². The van der Waals surface area contributed by atoms with Crippen LogP contribution in [-0.2, 0) is 17.8 Å². The Morgan fingerprint density at radius 2 is 1.93 bits per heavy atom. The molecule has 0 bridgehead atoms. The molecule has 0 spiro atoms. The molecule has 28 heavy (non-hydrogen) atoms. The van der Waals surface area contributed by atoms with Gasteiger partial charge in [0.25, 0.3) is 0 Å². The van der Waals surface area contributed by atoms with Crippen molar-refractivity contribution in [2.45, 2.75) is 38.3 Å². The van der Waals surface area contributed by atoms with Crippen LogP contribution >= 0.6 is 11.3 Å². The van der Waals surface area contributed by atoms with Gasteiger partial charge in [-0.1, -0.05) is 0 Å². The molecule has 4 rings (SSSR count). The van der Waals surface area contributed by atoms with Crippen molar-refractivity contribution < 1.29 is 18.0 Å². The molecule has 0 N–H and O–H groups in total. The van der Waals surface area contributed by atoms with Gasteiger partial charge >= 0.3 is 0 Å². The van der Waals surface area contributed by atoms with Gasteiger partial charge in [0.15, 0.2) is 11.6 Å². The monoisotopic (exact) mass is 408 g/mol. The van der Waals surface area contributed by atoms with E-state index in [1.165, 1.54) is 5.56 Å². The molecule has 1 aromatic carbocycles. The molecule has 2 aliphatic rings. The number of carbonyl (C=O) groups excluding carboxylic acids is 1. The Balaban J connectivity index is 1.43. The third-order valence-electron chi connectivity index (χ3n) is 5.93. The molecule has 3 nitrogen and oxygen atoms in total. The lowest BCUT2D eigenvalue weighted by atomic mass is 9.83. The molecule has 2 fully saturated rings. The highest BCUT2D eigenvalue weighted by atomic mass is 32.1. The summed E-state index contributed by atoms with van der Waals surface area (Å²) in [7, 11) is 0. The van der Waals surface area contributed by atoms with Crippen LogP contribution in [0.15, 0.2) is 29.0 Å². The fraction of sp³-hybridized carbons (Fsp3) is 0.476. The molecule has 3 heterocycles. The number of likely N-dealkylation sites (tertiary alicyclic amines) is 2. The number of hydrogen-bond donors (Lipinski definition) is 0. The smallest absolute Gasteiger partial charge is 0.227 e. The Labute approximate surface area is 166 Å². The highest BCUT2D eigenvalue weighted by Crippen LogP contribution is 2.32. The van der Waals surface area contributed by atoms with E-state index in [9.17, 15) is 18.0 Å². The average molecular weight is 408 g/mol. The number of nitrogens with zero attached hydrogens (tertiary/aromatic N) is 2. The summed E-state index contributed by atoms with van der Waals surface area (Å²) >= 11 is 1.69. The highest BCUT2D eigenvalue weighted by Gasteiger charge is 2.38. The summed E-state index contributed by atoms with van der Waals surface area (Å²) in [5, 5.41) is 4.23. The van der Waals surface area contributed by atoms with Gasteiger partial charge in [0.2, 0.25) is 5.91 Å². The standard InChI is InChI=1S/C21H23F3N2OS/c22-17-3-4-18(23)21(24)16(17)10-20(27)26-7-1-2-15-12-25(8-5-19(15)26)11-14-6-9-28-13-14/h3-4,6,9,13,15,19H,1-2,5,7-8,10-12H2/t15-,19-/m1/s1. The van der Waals surface area contributed by atoms with Gasteiger partial charge in [-0.25, -0.2) is 13.2 Å². The van der Waals surface area contributed by atoms with Crippen LogP contribution in [-0.4, -0.2) is 41.4 Å². The maximum absolute atomic E-state index is 14.0. The fourth-order valence-corrected chi connectivity index (χ4v) is 5.22. The molecule has 0 saturated carbocycles. The van der Waals surface area contributed by atoms with Crippen LogP contribution in [0.5, 0.6) is 0 Å². The summed E-state index contributed by atoms with van der Waals surface area (Å²) in [5.41, 5.74) is 0.839. The van der Waals surface area contributed by atoms with Crippen LogP contribution in [0.1, 0.15) is 30.4 Å². The van der Waals surface area contributed by atoms with Crippen molar-refractivity contribution in [3.05, 3.63) is 57.5 Å². The molecular weight excluding hydrogens is 385 g/mol. The van der Waals surface area contributed by atoms with Gasteiger partial charge < -0.3 is 4.90 Å². The van der Waals surface area contributed by atoms with Crippen molar-refractivity contribution in [3.8, 4) is 0 Å². The van der Waals surface area contributed by atoms with Crippen LogP contribution < -0.4 is 0 Å². The van der Waals surface area contributed by atoms with Crippen LogP contribution in [0.3, 0.4) is 0 Å². The lowest BCUT2D eigenvalue weighted by Gasteiger charge is -2.47. The van der Waals surface area contributed by atoms with Gasteiger partial charge in [0.1, 0.15) is 5.82 Å². The minimum Gasteiger partial charge on any atom is -0.339 e. The normalized spacial score (nSPS) is 22.9. The maximum atomic E-state index is 14.0. The van der Waals surface area contributed by atoms with Crippen molar-refractivity contribution in [2.75, 3.05) is 19.6 Å². The molecular formula is C21H23F3N2OS. The summed E-state index contributed by atoms with van der Waals surface area (Å²) < 4.78 is 41.4. The average Bonchev–Trinajstić information content (AvgIpc) is 3.20. The minimum atomic E-state index is -1.26. The van der Waals surface area contributed by atoms with Gasteiger partial charge in [-0.15, -0.1) is 0 Å². The Hall–Kier alpha value is -1.86. The number of carbonyl (C=O) groups is 1. The van der Waals surface area contributed by atoms with E-state index < -0.39 is 29.4 Å². The first-order valence-electron chi connectivity index (χ1n) is 9.68. The maximum Gasteiger partial charge on any atom is 0.227 e. The predicted octanol–water partition coefficient (Wildman–Crippen LogP) is 4.22. The van der Waals surface area contributed by atoms with E-state index in [2.05, 4.69) is 21.7 Å². The van der Waals surface area contributed by atoms with Crippen LogP contribution in [0, 0.1) is 23.4 Å². The van der Waals surface area contributed by atoms with Crippen molar-refractivity contribution in [3.63, 3.8) is 0 Å². The molecule has 0 radical (unpaired) electrons. The lowest BCUT2D eigenvalue weighted by Crippen LogP contribution is -2.55. The first-order chi connectivity index (χ1) is 13.5. The Morgan fingerprint density at radius 1 is 1.11 bits per heavy atom. The lowest BCUT2D eigenvalue weighted by molar-refractivity contribution is -0.137. The summed E-state index contributed by atoms with van der Waals surface area (Å²) in [6, 6.07) is 3.86. The zero-order chi connectivity index (χ0) is 19.7. The second-order valence-corrected chi connectivity index (χ2v) is 8.49. The van der Waals surface area contributed by atoms with Crippen molar-refractivity contribution >= 4 is 17.2 Å². The number of halogens is 3. The largest absolute Gasteiger partial charge is 0.339 e. The van der Waals surface area contributed by atoms with Crippen LogP contribution in [0.25, 0.3) is 0 Å². The van der Waals surface area contributed by atoms with Gasteiger partial charge in [-0.3, -0.25) is 9.69 Å². The van der Waals surface area contributed by atoms with Gasteiger partial charge in [-0.2, -0.15) is 11.3 Å². The summed E-state index contributed by atoms with van der Waals surface area (Å²) in [5.74, 6) is -3.20.